The molecule has 1 spiro atoms. The number of fused-ring (bicyclic) bond motifs is 3. The average Bonchev–Trinajstić information content (AvgIpc) is 3.30. The van der Waals surface area contributed by atoms with E-state index in [0.717, 1.165) is 18.5 Å². The van der Waals surface area contributed by atoms with Crippen LogP contribution in [0, 0.1) is 11.3 Å². The molecule has 7 nitrogen and oxygen atoms in total. The van der Waals surface area contributed by atoms with Gasteiger partial charge in [0.15, 0.2) is 0 Å². The third-order valence-electron chi connectivity index (χ3n) is 7.01. The van der Waals surface area contributed by atoms with Crippen molar-refractivity contribution in [1.29, 1.82) is 0 Å². The zero-order chi connectivity index (χ0) is 18.8. The lowest BCUT2D eigenvalue weighted by Gasteiger charge is -2.41. The molecular weight excluding hydrogens is 364 g/mol. The van der Waals surface area contributed by atoms with Crippen molar-refractivity contribution in [3.05, 3.63) is 42.4 Å². The number of rotatable bonds is 2. The van der Waals surface area contributed by atoms with Crippen LogP contribution in [0.1, 0.15) is 37.3 Å². The number of imidazole rings is 1. The van der Waals surface area contributed by atoms with Crippen molar-refractivity contribution in [2.45, 2.75) is 37.8 Å². The van der Waals surface area contributed by atoms with Crippen molar-refractivity contribution in [3.63, 3.8) is 0 Å². The van der Waals surface area contributed by atoms with Gasteiger partial charge in [0.2, 0.25) is 0 Å². The molecule has 2 aliphatic heterocycles. The van der Waals surface area contributed by atoms with Gasteiger partial charge in [-0.25, -0.2) is 10.1 Å². The predicted octanol–water partition coefficient (Wildman–Crippen LogP) is 1.51. The lowest BCUT2D eigenvalue weighted by Crippen LogP contribution is -2.49. The second-order valence-corrected chi connectivity index (χ2v) is 9.72. The summed E-state index contributed by atoms with van der Waals surface area (Å²) >= 11 is 0. The first-order valence-electron chi connectivity index (χ1n) is 9.48. The minimum atomic E-state index is -3.65. The van der Waals surface area contributed by atoms with E-state index in [9.17, 15) is 13.5 Å². The molecule has 1 saturated carbocycles. The predicted molar refractivity (Wildman–Crippen MR) is 101 cm³/mol. The van der Waals surface area contributed by atoms with Gasteiger partial charge in [-0.05, 0) is 36.7 Å². The Bertz CT molecular complexity index is 978. The van der Waals surface area contributed by atoms with E-state index in [1.165, 1.54) is 15.4 Å². The van der Waals surface area contributed by atoms with Crippen molar-refractivity contribution >= 4 is 10.2 Å². The largest absolute Gasteiger partial charge is 0.392 e. The normalized spacial score (nSPS) is 29.8. The van der Waals surface area contributed by atoms with Crippen molar-refractivity contribution in [2.75, 3.05) is 13.1 Å². The molecule has 27 heavy (non-hydrogen) atoms. The summed E-state index contributed by atoms with van der Waals surface area (Å²) in [6, 6.07) is 8.43. The van der Waals surface area contributed by atoms with Gasteiger partial charge in [0, 0.05) is 24.6 Å². The highest BCUT2D eigenvalue weighted by molar-refractivity contribution is 7.86. The van der Waals surface area contributed by atoms with Crippen LogP contribution in [0.4, 0.5) is 0 Å². The maximum Gasteiger partial charge on any atom is 0.276 e. The smallest absolute Gasteiger partial charge is 0.276 e. The van der Waals surface area contributed by atoms with Crippen molar-refractivity contribution in [1.82, 2.24) is 13.9 Å². The van der Waals surface area contributed by atoms with Crippen LogP contribution in [-0.4, -0.2) is 46.6 Å². The Morgan fingerprint density at radius 1 is 1.19 bits per heavy atom. The lowest BCUT2D eigenvalue weighted by atomic mass is 9.73. The summed E-state index contributed by atoms with van der Waals surface area (Å²) in [5.74, 6) is 0.0997. The number of hydrogen-bond acceptors (Lipinski definition) is 4. The van der Waals surface area contributed by atoms with E-state index >= 15 is 0 Å². The molecule has 1 aromatic carbocycles. The van der Waals surface area contributed by atoms with Crippen LogP contribution in [0.2, 0.25) is 0 Å². The first-order chi connectivity index (χ1) is 12.9. The van der Waals surface area contributed by atoms with Crippen molar-refractivity contribution in [3.8, 4) is 11.3 Å². The highest BCUT2D eigenvalue weighted by atomic mass is 32.2. The molecule has 0 amide bonds. The second-order valence-electron chi connectivity index (χ2n) is 8.17. The highest BCUT2D eigenvalue weighted by Gasteiger charge is 2.53. The van der Waals surface area contributed by atoms with Crippen LogP contribution in [0.15, 0.2) is 36.8 Å². The van der Waals surface area contributed by atoms with E-state index in [1.807, 2.05) is 24.7 Å². The third kappa shape index (κ3) is 2.51. The second kappa shape index (κ2) is 5.88. The summed E-state index contributed by atoms with van der Waals surface area (Å²) in [7, 11) is -3.65. The van der Waals surface area contributed by atoms with E-state index in [1.54, 1.807) is 0 Å². The Kier molecular flexibility index (Phi) is 3.78. The van der Waals surface area contributed by atoms with Gasteiger partial charge in [-0.1, -0.05) is 24.3 Å². The fourth-order valence-corrected chi connectivity index (χ4v) is 6.28. The zero-order valence-corrected chi connectivity index (χ0v) is 15.8. The van der Waals surface area contributed by atoms with Gasteiger partial charge in [0.1, 0.15) is 0 Å². The molecule has 2 aromatic rings. The monoisotopic (exact) mass is 388 g/mol. The van der Waals surface area contributed by atoms with Crippen molar-refractivity contribution < 1.29 is 13.5 Å². The zero-order valence-electron chi connectivity index (χ0n) is 15.0. The Labute approximate surface area is 159 Å². The van der Waals surface area contributed by atoms with Gasteiger partial charge in [0.05, 0.1) is 30.4 Å². The summed E-state index contributed by atoms with van der Waals surface area (Å²) in [5.41, 5.74) is 3.33. The molecule has 1 saturated heterocycles. The summed E-state index contributed by atoms with van der Waals surface area (Å²) in [5, 5.41) is 16.6. The molecule has 0 radical (unpaired) electrons. The Morgan fingerprint density at radius 3 is 2.67 bits per heavy atom. The Balaban J connectivity index is 1.44. The number of nitrogens with zero attached hydrogens (tertiary/aromatic N) is 3. The molecule has 144 valence electrons. The number of hydrogen-bond donors (Lipinski definition) is 2. The first-order valence-corrected chi connectivity index (χ1v) is 11.0. The van der Waals surface area contributed by atoms with Crippen LogP contribution in [0.5, 0.6) is 0 Å². The van der Waals surface area contributed by atoms with E-state index < -0.39 is 16.3 Å². The number of benzene rings is 1. The molecule has 0 bridgehead atoms. The van der Waals surface area contributed by atoms with Crippen LogP contribution in [0.25, 0.3) is 11.3 Å². The van der Waals surface area contributed by atoms with Gasteiger partial charge in [-0.2, -0.15) is 12.7 Å². The molecule has 1 aliphatic carbocycles. The number of aliphatic hydroxyl groups is 1. The van der Waals surface area contributed by atoms with E-state index in [4.69, 9.17) is 5.14 Å². The van der Waals surface area contributed by atoms with Crippen molar-refractivity contribution in [2.24, 2.45) is 16.5 Å². The Morgan fingerprint density at radius 2 is 1.93 bits per heavy atom. The number of piperidine rings is 1. The number of aromatic nitrogens is 2. The third-order valence-corrected chi connectivity index (χ3v) is 8.10. The Hall–Kier alpha value is -1.74. The molecule has 3 N–H and O–H groups in total. The van der Waals surface area contributed by atoms with Gasteiger partial charge >= 0.3 is 0 Å². The fraction of sp³-hybridized carbons (Fsp3) is 0.526. The number of aliphatic hydroxyl groups excluding tert-OH is 1. The topological polar surface area (TPSA) is 101 Å². The number of nitrogens with two attached hydrogens (primary N) is 1. The average molecular weight is 388 g/mol. The molecule has 2 fully saturated rings. The SMILES string of the molecule is NS(=O)(=O)N1CCC2(CCC([C@H]3c4ccccc4-c4cncn43)C2O)CC1. The minimum absolute atomic E-state index is 0.0874. The van der Waals surface area contributed by atoms with Gasteiger partial charge in [-0.3, -0.25) is 0 Å². The molecule has 5 rings (SSSR count). The maximum absolute atomic E-state index is 11.6. The molecule has 3 heterocycles. The summed E-state index contributed by atoms with van der Waals surface area (Å²) in [4.78, 5) is 4.32. The standard InChI is InChI=1S/C19H24N4O3S/c20-27(25,26)22-9-7-19(8-10-22)6-5-15(18(19)24)17-14-4-2-1-3-13(14)16-11-21-12-23(16)17/h1-4,11-12,15,17-18,24H,5-10H2,(H2,20,25,26)/t15?,17-,18?/m1/s1. The van der Waals surface area contributed by atoms with Crippen LogP contribution < -0.4 is 5.14 Å². The van der Waals surface area contributed by atoms with Gasteiger partial charge in [-0.15, -0.1) is 0 Å². The molecule has 2 unspecified atom stereocenters. The molecule has 3 aliphatic rings. The van der Waals surface area contributed by atoms with E-state index in [-0.39, 0.29) is 17.4 Å². The fourth-order valence-electron chi connectivity index (χ4n) is 5.59. The molecule has 8 heteroatoms. The quantitative estimate of drug-likeness (QED) is 0.814. The van der Waals surface area contributed by atoms with Crippen LogP contribution in [-0.2, 0) is 10.2 Å². The minimum Gasteiger partial charge on any atom is -0.392 e. The summed E-state index contributed by atoms with van der Waals surface area (Å²) < 4.78 is 26.8. The van der Waals surface area contributed by atoms with Crippen LogP contribution in [0.3, 0.4) is 0 Å². The summed E-state index contributed by atoms with van der Waals surface area (Å²) in [6.07, 6.45) is 6.44. The molecule has 1 aromatic heterocycles. The molecule has 3 atom stereocenters. The summed E-state index contributed by atoms with van der Waals surface area (Å²) in [6.45, 7) is 0.778. The maximum atomic E-state index is 11.6. The first kappa shape index (κ1) is 17.4. The molecular formula is C19H24N4O3S. The lowest BCUT2D eigenvalue weighted by molar-refractivity contribution is -0.0146. The van der Waals surface area contributed by atoms with E-state index in [2.05, 4.69) is 21.7 Å². The highest BCUT2D eigenvalue weighted by Crippen LogP contribution is 2.55. The van der Waals surface area contributed by atoms with Gasteiger partial charge < -0.3 is 9.67 Å². The van der Waals surface area contributed by atoms with Gasteiger partial charge in [0.25, 0.3) is 10.2 Å². The van der Waals surface area contributed by atoms with E-state index in [0.29, 0.717) is 25.9 Å². The van der Waals surface area contributed by atoms with Crippen LogP contribution >= 0.6 is 0 Å².